The van der Waals surface area contributed by atoms with Crippen LogP contribution in [0.3, 0.4) is 0 Å². The van der Waals surface area contributed by atoms with E-state index in [1.807, 2.05) is 24.3 Å². The largest absolute Gasteiger partial charge is 0.352 e. The van der Waals surface area contributed by atoms with Gasteiger partial charge in [0.15, 0.2) is 0 Å². The lowest BCUT2D eigenvalue weighted by atomic mass is 10.1. The molecule has 3 aromatic carbocycles. The van der Waals surface area contributed by atoms with E-state index in [1.165, 1.54) is 5.56 Å². The lowest BCUT2D eigenvalue weighted by molar-refractivity contribution is -0.121. The zero-order chi connectivity index (χ0) is 24.4. The number of aromatic nitrogens is 1. The quantitative estimate of drug-likeness (QED) is 0.373. The van der Waals surface area contributed by atoms with E-state index in [1.54, 1.807) is 35.6 Å². The van der Waals surface area contributed by atoms with Gasteiger partial charge in [0.25, 0.3) is 11.8 Å². The Morgan fingerprint density at radius 3 is 2.17 bits per heavy atom. The van der Waals surface area contributed by atoms with Gasteiger partial charge in [-0.05, 0) is 24.6 Å². The van der Waals surface area contributed by atoms with Gasteiger partial charge in [-0.3, -0.25) is 19.3 Å². The molecule has 35 heavy (non-hydrogen) atoms. The average molecular weight is 482 g/mol. The van der Waals surface area contributed by atoms with Crippen LogP contribution < -0.4 is 5.32 Å². The Morgan fingerprint density at radius 2 is 1.51 bits per heavy atom. The van der Waals surface area contributed by atoms with Crippen LogP contribution in [0.4, 0.5) is 0 Å². The molecule has 0 unspecified atom stereocenters. The number of thiazole rings is 1. The second-order valence-corrected chi connectivity index (χ2v) is 9.29. The molecule has 6 nitrogen and oxygen atoms in total. The van der Waals surface area contributed by atoms with E-state index in [0.717, 1.165) is 32.3 Å². The van der Waals surface area contributed by atoms with Gasteiger partial charge in [0.2, 0.25) is 5.91 Å². The van der Waals surface area contributed by atoms with Crippen LogP contribution in [0.2, 0.25) is 0 Å². The van der Waals surface area contributed by atoms with Crippen LogP contribution in [-0.4, -0.2) is 34.2 Å². The Morgan fingerprint density at radius 1 is 0.886 bits per heavy atom. The van der Waals surface area contributed by atoms with Gasteiger partial charge in [-0.2, -0.15) is 0 Å². The maximum Gasteiger partial charge on any atom is 0.261 e. The minimum atomic E-state index is -0.346. The van der Waals surface area contributed by atoms with E-state index in [0.29, 0.717) is 17.7 Å². The molecule has 0 bridgehead atoms. The van der Waals surface area contributed by atoms with Crippen molar-refractivity contribution in [3.8, 4) is 21.8 Å². The number of benzene rings is 3. The summed E-state index contributed by atoms with van der Waals surface area (Å²) in [5.74, 6) is -0.906. The van der Waals surface area contributed by atoms with Crippen molar-refractivity contribution in [2.45, 2.75) is 19.9 Å². The Bertz CT molecular complexity index is 1370. The van der Waals surface area contributed by atoms with Crippen molar-refractivity contribution in [2.75, 3.05) is 6.54 Å². The summed E-state index contributed by atoms with van der Waals surface area (Å²) in [7, 11) is 0. The SMILES string of the molecule is Cc1ccc(-c2csc(-c3ccc(CNC(=O)CCN4C(=O)c5ccccc5C4=O)cc3)n2)cc1. The maximum atomic E-state index is 12.4. The van der Waals surface area contributed by atoms with Gasteiger partial charge in [-0.15, -0.1) is 11.3 Å². The number of carbonyl (C=O) groups is 3. The van der Waals surface area contributed by atoms with Crippen LogP contribution in [0, 0.1) is 6.92 Å². The summed E-state index contributed by atoms with van der Waals surface area (Å²) in [6, 6.07) is 23.0. The Hall–Kier alpha value is -4.10. The summed E-state index contributed by atoms with van der Waals surface area (Å²) in [6.07, 6.45) is 0.0600. The van der Waals surface area contributed by atoms with Crippen molar-refractivity contribution in [3.63, 3.8) is 0 Å². The average Bonchev–Trinajstić information content (AvgIpc) is 3.46. The fourth-order valence-corrected chi connectivity index (χ4v) is 4.81. The summed E-state index contributed by atoms with van der Waals surface area (Å²) >= 11 is 1.60. The van der Waals surface area contributed by atoms with Gasteiger partial charge in [-0.25, -0.2) is 4.98 Å². The molecule has 0 radical (unpaired) electrons. The molecule has 0 spiro atoms. The van der Waals surface area contributed by atoms with E-state index < -0.39 is 0 Å². The maximum absolute atomic E-state index is 12.4. The van der Waals surface area contributed by atoms with E-state index in [4.69, 9.17) is 4.98 Å². The molecule has 174 valence electrons. The number of nitrogens with zero attached hydrogens (tertiary/aromatic N) is 2. The first-order valence-electron chi connectivity index (χ1n) is 11.3. The van der Waals surface area contributed by atoms with Gasteiger partial charge < -0.3 is 5.32 Å². The molecule has 4 aromatic rings. The molecule has 1 N–H and O–H groups in total. The van der Waals surface area contributed by atoms with E-state index >= 15 is 0 Å². The number of carbonyl (C=O) groups excluding carboxylic acids is 3. The number of amides is 3. The normalized spacial score (nSPS) is 12.7. The highest BCUT2D eigenvalue weighted by molar-refractivity contribution is 7.13. The minimum absolute atomic E-state index is 0.0600. The van der Waals surface area contributed by atoms with E-state index in [9.17, 15) is 14.4 Å². The predicted octanol–water partition coefficient (Wildman–Crippen LogP) is 5.09. The highest BCUT2D eigenvalue weighted by atomic mass is 32.1. The molecule has 1 aliphatic heterocycles. The number of nitrogens with one attached hydrogen (secondary N) is 1. The number of rotatable bonds is 7. The van der Waals surface area contributed by atoms with Crippen LogP contribution in [0.1, 0.15) is 38.3 Å². The lowest BCUT2D eigenvalue weighted by Gasteiger charge is -2.13. The smallest absolute Gasteiger partial charge is 0.261 e. The van der Waals surface area contributed by atoms with E-state index in [-0.39, 0.29) is 30.7 Å². The van der Waals surface area contributed by atoms with E-state index in [2.05, 4.69) is 41.9 Å². The molecular weight excluding hydrogens is 458 g/mol. The molecule has 0 atom stereocenters. The third kappa shape index (κ3) is 4.76. The summed E-state index contributed by atoms with van der Waals surface area (Å²) in [5.41, 5.74) is 6.04. The molecule has 0 saturated carbocycles. The molecule has 0 fully saturated rings. The summed E-state index contributed by atoms with van der Waals surface area (Å²) in [6.45, 7) is 2.49. The number of hydrogen-bond donors (Lipinski definition) is 1. The number of imide groups is 1. The van der Waals surface area contributed by atoms with Crippen LogP contribution in [0.15, 0.2) is 78.2 Å². The Labute approximate surface area is 207 Å². The van der Waals surface area contributed by atoms with Crippen LogP contribution in [0.5, 0.6) is 0 Å². The Kier molecular flexibility index (Phi) is 6.25. The highest BCUT2D eigenvalue weighted by Gasteiger charge is 2.34. The molecule has 2 heterocycles. The van der Waals surface area contributed by atoms with Crippen molar-refractivity contribution in [2.24, 2.45) is 0 Å². The first kappa shape index (κ1) is 22.7. The van der Waals surface area contributed by atoms with Crippen molar-refractivity contribution in [1.82, 2.24) is 15.2 Å². The fraction of sp³-hybridized carbons (Fsp3) is 0.143. The summed E-state index contributed by atoms with van der Waals surface area (Å²) in [4.78, 5) is 43.1. The Balaban J connectivity index is 1.14. The predicted molar refractivity (Wildman–Crippen MR) is 136 cm³/mol. The highest BCUT2D eigenvalue weighted by Crippen LogP contribution is 2.29. The zero-order valence-electron chi connectivity index (χ0n) is 19.2. The van der Waals surface area contributed by atoms with Crippen LogP contribution in [0.25, 0.3) is 21.8 Å². The van der Waals surface area contributed by atoms with Crippen molar-refractivity contribution < 1.29 is 14.4 Å². The van der Waals surface area contributed by atoms with Crippen molar-refractivity contribution in [3.05, 3.63) is 100 Å². The first-order valence-corrected chi connectivity index (χ1v) is 12.2. The monoisotopic (exact) mass is 481 g/mol. The second-order valence-electron chi connectivity index (χ2n) is 8.44. The second kappa shape index (κ2) is 9.64. The molecule has 0 aliphatic carbocycles. The van der Waals surface area contributed by atoms with Gasteiger partial charge >= 0.3 is 0 Å². The number of fused-ring (bicyclic) bond motifs is 1. The van der Waals surface area contributed by atoms with Gasteiger partial charge in [-0.1, -0.05) is 66.2 Å². The standard InChI is InChI=1S/C28H23N3O3S/c1-18-6-10-20(11-7-18)24-17-35-26(30-24)21-12-8-19(9-13-21)16-29-25(32)14-15-31-27(33)22-4-2-3-5-23(22)28(31)34/h2-13,17H,14-16H2,1H3,(H,29,32). The van der Waals surface area contributed by atoms with Crippen LogP contribution in [-0.2, 0) is 11.3 Å². The third-order valence-electron chi connectivity index (χ3n) is 5.98. The summed E-state index contributed by atoms with van der Waals surface area (Å²) in [5, 5.41) is 5.86. The molecule has 7 heteroatoms. The minimum Gasteiger partial charge on any atom is -0.352 e. The van der Waals surface area contributed by atoms with Crippen molar-refractivity contribution in [1.29, 1.82) is 0 Å². The topological polar surface area (TPSA) is 79.4 Å². The first-order chi connectivity index (χ1) is 17.0. The zero-order valence-corrected chi connectivity index (χ0v) is 20.0. The lowest BCUT2D eigenvalue weighted by Crippen LogP contribution is -2.34. The van der Waals surface area contributed by atoms with Crippen molar-refractivity contribution >= 4 is 29.1 Å². The molecular formula is C28H23N3O3S. The summed E-state index contributed by atoms with van der Waals surface area (Å²) < 4.78 is 0. The molecule has 5 rings (SSSR count). The third-order valence-corrected chi connectivity index (χ3v) is 6.87. The van der Waals surface area contributed by atoms with Gasteiger partial charge in [0.1, 0.15) is 5.01 Å². The van der Waals surface area contributed by atoms with Crippen LogP contribution >= 0.6 is 11.3 Å². The fourth-order valence-electron chi connectivity index (χ4n) is 3.97. The number of hydrogen-bond acceptors (Lipinski definition) is 5. The molecule has 1 aliphatic rings. The van der Waals surface area contributed by atoms with Gasteiger partial charge in [0.05, 0.1) is 16.8 Å². The molecule has 1 aromatic heterocycles. The molecule has 0 saturated heterocycles. The number of aryl methyl sites for hydroxylation is 1. The molecule has 3 amide bonds. The van der Waals surface area contributed by atoms with Gasteiger partial charge in [0, 0.05) is 36.0 Å².